The highest BCUT2D eigenvalue weighted by Crippen LogP contribution is 2.25. The first kappa shape index (κ1) is 19.7. The minimum atomic E-state index is -0.231. The van der Waals surface area contributed by atoms with Crippen molar-refractivity contribution >= 4 is 17.6 Å². The second-order valence-electron chi connectivity index (χ2n) is 7.15. The average Bonchev–Trinajstić information content (AvgIpc) is 3.07. The second-order valence-corrected chi connectivity index (χ2v) is 7.15. The topological polar surface area (TPSA) is 70.7 Å². The van der Waals surface area contributed by atoms with Crippen molar-refractivity contribution in [1.29, 1.82) is 0 Å². The Morgan fingerprint density at radius 3 is 2.75 bits per heavy atom. The van der Waals surface area contributed by atoms with Crippen LogP contribution in [0.4, 0.5) is 10.5 Å². The summed E-state index contributed by atoms with van der Waals surface area (Å²) in [5, 5.41) is 5.89. The molecule has 2 atom stereocenters. The lowest BCUT2D eigenvalue weighted by atomic mass is 10.1. The molecule has 0 radical (unpaired) electrons. The number of hydrogen-bond acceptors (Lipinski definition) is 3. The van der Waals surface area contributed by atoms with Crippen LogP contribution in [0.2, 0.25) is 0 Å². The smallest absolute Gasteiger partial charge is 0.315 e. The number of nitrogens with zero attached hydrogens (tertiary/aromatic N) is 1. The molecule has 1 fully saturated rings. The standard InChI is InChI=1S/C22H27N3O3/c1-16(11-12-17-7-4-3-5-8-17)23-22(27)24-18-13-21(26)25(15-18)19-9-6-10-20(14-19)28-2/h3-10,14,16,18H,11-13,15H2,1-2H3,(H2,23,24,27)/t16-,18-/m1/s1. The van der Waals surface area contributed by atoms with E-state index in [1.165, 1.54) is 5.56 Å². The lowest BCUT2D eigenvalue weighted by molar-refractivity contribution is -0.117. The quantitative estimate of drug-likeness (QED) is 0.774. The molecule has 6 heteroatoms. The van der Waals surface area contributed by atoms with E-state index in [1.807, 2.05) is 49.4 Å². The number of urea groups is 1. The van der Waals surface area contributed by atoms with Crippen molar-refractivity contribution in [2.75, 3.05) is 18.6 Å². The van der Waals surface area contributed by atoms with Crippen molar-refractivity contribution in [1.82, 2.24) is 10.6 Å². The number of carbonyl (C=O) groups is 2. The number of aryl methyl sites for hydroxylation is 1. The van der Waals surface area contributed by atoms with E-state index < -0.39 is 0 Å². The summed E-state index contributed by atoms with van der Waals surface area (Å²) in [6.07, 6.45) is 2.06. The van der Waals surface area contributed by atoms with Crippen molar-refractivity contribution in [2.24, 2.45) is 0 Å². The fourth-order valence-electron chi connectivity index (χ4n) is 3.38. The van der Waals surface area contributed by atoms with Gasteiger partial charge in [0.1, 0.15) is 5.75 Å². The molecule has 2 aromatic rings. The SMILES string of the molecule is COc1cccc(N2C[C@H](NC(=O)N[C@H](C)CCc3ccccc3)CC2=O)c1. The minimum Gasteiger partial charge on any atom is -0.497 e. The third-order valence-electron chi connectivity index (χ3n) is 4.91. The summed E-state index contributed by atoms with van der Waals surface area (Å²) in [5.74, 6) is 0.697. The van der Waals surface area contributed by atoms with Crippen LogP contribution < -0.4 is 20.3 Å². The van der Waals surface area contributed by atoms with Crippen molar-refractivity contribution in [3.05, 3.63) is 60.2 Å². The summed E-state index contributed by atoms with van der Waals surface area (Å²) in [4.78, 5) is 26.3. The zero-order valence-electron chi connectivity index (χ0n) is 16.4. The highest BCUT2D eigenvalue weighted by Gasteiger charge is 2.31. The molecular weight excluding hydrogens is 354 g/mol. The van der Waals surface area contributed by atoms with Gasteiger partial charge >= 0.3 is 6.03 Å². The van der Waals surface area contributed by atoms with Crippen LogP contribution >= 0.6 is 0 Å². The van der Waals surface area contributed by atoms with Gasteiger partial charge in [0, 0.05) is 30.8 Å². The van der Waals surface area contributed by atoms with E-state index in [9.17, 15) is 9.59 Å². The Hall–Kier alpha value is -3.02. The van der Waals surface area contributed by atoms with E-state index in [4.69, 9.17) is 4.74 Å². The van der Waals surface area contributed by atoms with Crippen LogP contribution in [0.15, 0.2) is 54.6 Å². The fraction of sp³-hybridized carbons (Fsp3) is 0.364. The van der Waals surface area contributed by atoms with Crippen LogP contribution in [0.3, 0.4) is 0 Å². The summed E-state index contributed by atoms with van der Waals surface area (Å²) >= 11 is 0. The van der Waals surface area contributed by atoms with Gasteiger partial charge in [0.05, 0.1) is 13.2 Å². The molecule has 148 valence electrons. The van der Waals surface area contributed by atoms with E-state index in [-0.39, 0.29) is 24.0 Å². The molecule has 0 aliphatic carbocycles. The zero-order valence-corrected chi connectivity index (χ0v) is 16.4. The number of benzene rings is 2. The lowest BCUT2D eigenvalue weighted by Crippen LogP contribution is -2.46. The summed E-state index contributed by atoms with van der Waals surface area (Å²) < 4.78 is 5.22. The molecule has 1 saturated heterocycles. The number of rotatable bonds is 7. The van der Waals surface area contributed by atoms with Gasteiger partial charge in [-0.2, -0.15) is 0 Å². The number of methoxy groups -OCH3 is 1. The molecule has 1 aliphatic heterocycles. The first-order chi connectivity index (χ1) is 13.5. The van der Waals surface area contributed by atoms with Gasteiger partial charge in [0.15, 0.2) is 0 Å². The largest absolute Gasteiger partial charge is 0.497 e. The third kappa shape index (κ3) is 5.25. The predicted molar refractivity (Wildman–Crippen MR) is 110 cm³/mol. The lowest BCUT2D eigenvalue weighted by Gasteiger charge is -2.19. The van der Waals surface area contributed by atoms with E-state index in [1.54, 1.807) is 12.0 Å². The molecule has 0 spiro atoms. The Balaban J connectivity index is 1.47. The van der Waals surface area contributed by atoms with E-state index >= 15 is 0 Å². The van der Waals surface area contributed by atoms with Crippen molar-refractivity contribution < 1.29 is 14.3 Å². The number of ether oxygens (including phenoxy) is 1. The molecule has 2 N–H and O–H groups in total. The monoisotopic (exact) mass is 381 g/mol. The van der Waals surface area contributed by atoms with Gasteiger partial charge in [-0.1, -0.05) is 36.4 Å². The average molecular weight is 381 g/mol. The molecular formula is C22H27N3O3. The Morgan fingerprint density at radius 1 is 1.21 bits per heavy atom. The molecule has 0 unspecified atom stereocenters. The minimum absolute atomic E-state index is 0.00400. The predicted octanol–water partition coefficient (Wildman–Crippen LogP) is 3.12. The van der Waals surface area contributed by atoms with Crippen LogP contribution in [0.5, 0.6) is 5.75 Å². The van der Waals surface area contributed by atoms with Gasteiger partial charge in [-0.05, 0) is 37.5 Å². The molecule has 1 heterocycles. The molecule has 3 rings (SSSR count). The Bertz CT molecular complexity index is 810. The molecule has 2 aromatic carbocycles. The normalized spacial score (nSPS) is 17.3. The Morgan fingerprint density at radius 2 is 2.00 bits per heavy atom. The van der Waals surface area contributed by atoms with Gasteiger partial charge in [-0.25, -0.2) is 4.79 Å². The fourth-order valence-corrected chi connectivity index (χ4v) is 3.38. The molecule has 6 nitrogen and oxygen atoms in total. The van der Waals surface area contributed by atoms with Crippen LogP contribution in [0.1, 0.15) is 25.3 Å². The van der Waals surface area contributed by atoms with Gasteiger partial charge in [-0.3, -0.25) is 4.79 Å². The summed E-state index contributed by atoms with van der Waals surface area (Å²) in [5.41, 5.74) is 2.04. The van der Waals surface area contributed by atoms with Gasteiger partial charge in [0.25, 0.3) is 0 Å². The Kier molecular flexibility index (Phi) is 6.53. The van der Waals surface area contributed by atoms with E-state index in [0.29, 0.717) is 18.7 Å². The maximum absolute atomic E-state index is 12.4. The van der Waals surface area contributed by atoms with Crippen LogP contribution in [0, 0.1) is 0 Å². The second kappa shape index (κ2) is 9.26. The van der Waals surface area contributed by atoms with Gasteiger partial charge in [0.2, 0.25) is 5.91 Å². The van der Waals surface area contributed by atoms with Gasteiger partial charge in [-0.15, -0.1) is 0 Å². The highest BCUT2D eigenvalue weighted by molar-refractivity contribution is 5.97. The molecule has 0 bridgehead atoms. The van der Waals surface area contributed by atoms with E-state index in [0.717, 1.165) is 18.5 Å². The van der Waals surface area contributed by atoms with Crippen LogP contribution in [0.25, 0.3) is 0 Å². The number of anilines is 1. The molecule has 0 aromatic heterocycles. The number of hydrogen-bond donors (Lipinski definition) is 2. The first-order valence-corrected chi connectivity index (χ1v) is 9.60. The first-order valence-electron chi connectivity index (χ1n) is 9.60. The molecule has 1 aliphatic rings. The summed E-state index contributed by atoms with van der Waals surface area (Å²) in [6, 6.07) is 17.2. The highest BCUT2D eigenvalue weighted by atomic mass is 16.5. The number of nitrogens with one attached hydrogen (secondary N) is 2. The van der Waals surface area contributed by atoms with Crippen molar-refractivity contribution in [2.45, 2.75) is 38.3 Å². The molecule has 0 saturated carbocycles. The van der Waals surface area contributed by atoms with E-state index in [2.05, 4.69) is 22.8 Å². The maximum Gasteiger partial charge on any atom is 0.315 e. The zero-order chi connectivity index (χ0) is 19.9. The van der Waals surface area contributed by atoms with Crippen molar-refractivity contribution in [3.63, 3.8) is 0 Å². The molecule has 28 heavy (non-hydrogen) atoms. The Labute approximate surface area is 165 Å². The summed E-state index contributed by atoms with van der Waals surface area (Å²) in [7, 11) is 1.60. The van der Waals surface area contributed by atoms with Crippen molar-refractivity contribution in [3.8, 4) is 5.75 Å². The number of carbonyl (C=O) groups excluding carboxylic acids is 2. The summed E-state index contributed by atoms with van der Waals surface area (Å²) in [6.45, 7) is 2.45. The van der Waals surface area contributed by atoms with Crippen LogP contribution in [-0.4, -0.2) is 37.7 Å². The maximum atomic E-state index is 12.4. The van der Waals surface area contributed by atoms with Crippen LogP contribution in [-0.2, 0) is 11.2 Å². The van der Waals surface area contributed by atoms with Gasteiger partial charge < -0.3 is 20.3 Å². The number of amides is 3. The third-order valence-corrected chi connectivity index (χ3v) is 4.91. The molecule has 3 amide bonds.